The lowest BCUT2D eigenvalue weighted by Gasteiger charge is -2.11. The second-order valence-electron chi connectivity index (χ2n) is 4.35. The summed E-state index contributed by atoms with van der Waals surface area (Å²) in [5.74, 6) is 0. The van der Waals surface area contributed by atoms with Crippen LogP contribution in [-0.2, 0) is 14.3 Å². The molecule has 0 saturated carbocycles. The molecule has 0 aliphatic rings. The first kappa shape index (κ1) is 18.3. The van der Waals surface area contributed by atoms with Crippen LogP contribution in [-0.4, -0.2) is 32.8 Å². The van der Waals surface area contributed by atoms with Crippen molar-refractivity contribution in [3.63, 3.8) is 0 Å². The van der Waals surface area contributed by atoms with Gasteiger partial charge in [0.05, 0.1) is 18.9 Å². The van der Waals surface area contributed by atoms with E-state index in [1.807, 2.05) is 43.4 Å². The lowest BCUT2D eigenvalue weighted by molar-refractivity contribution is -0.128. The summed E-state index contributed by atoms with van der Waals surface area (Å²) < 4.78 is 9.04. The van der Waals surface area contributed by atoms with Crippen molar-refractivity contribution < 1.29 is 19.1 Å². The highest BCUT2D eigenvalue weighted by atomic mass is 16.5. The molecule has 6 nitrogen and oxygen atoms in total. The largest absolute Gasteiger partial charge is 0.468 e. The Bertz CT molecular complexity index is 644. The number of benzene rings is 2. The molecule has 2 aromatic rings. The Balaban J connectivity index is 0.000000463. The quantitative estimate of drug-likeness (QED) is 0.823. The minimum atomic E-state index is -0.431. The monoisotopic (exact) mass is 318 g/mol. The lowest BCUT2D eigenvalue weighted by Crippen LogP contribution is -2.13. The fourth-order valence-electron chi connectivity index (χ4n) is 1.98. The molecule has 2 N–H and O–H groups in total. The second kappa shape index (κ2) is 10.0. The third-order valence-electron chi connectivity index (χ3n) is 2.94. The molecule has 2 aromatic carbocycles. The Morgan fingerprint density at radius 3 is 2.13 bits per heavy atom. The number of carbonyl (C=O) groups is 2. The van der Waals surface area contributed by atoms with Crippen molar-refractivity contribution in [2.75, 3.05) is 30.9 Å². The fourth-order valence-corrected chi connectivity index (χ4v) is 1.98. The van der Waals surface area contributed by atoms with Gasteiger partial charge in [0, 0.05) is 23.5 Å². The van der Waals surface area contributed by atoms with Gasteiger partial charge in [-0.2, -0.15) is 0 Å². The number of carbonyl (C=O) groups excluding carboxylic acids is 2. The Labute approximate surface area is 135 Å². The average Bonchev–Trinajstić information content (AvgIpc) is 2.56. The average molecular weight is 318 g/mol. The molecule has 6 heteroatoms. The normalized spacial score (nSPS) is 9.35. The van der Waals surface area contributed by atoms with E-state index in [1.54, 1.807) is 13.8 Å². The first-order valence-electron chi connectivity index (χ1n) is 7.36. The van der Waals surface area contributed by atoms with Crippen molar-refractivity contribution in [1.82, 2.24) is 0 Å². The van der Waals surface area contributed by atoms with Gasteiger partial charge >= 0.3 is 6.09 Å². The number of hydrogen-bond acceptors (Lipinski definition) is 5. The summed E-state index contributed by atoms with van der Waals surface area (Å²) in [5, 5.41) is 7.93. The molecule has 0 fully saturated rings. The molecule has 23 heavy (non-hydrogen) atoms. The molecule has 0 aromatic heterocycles. The van der Waals surface area contributed by atoms with E-state index in [0.29, 0.717) is 19.7 Å². The number of rotatable bonds is 5. The standard InChI is InChI=1S/C14H16N2O2.C3H6O2/c1-3-18-14(17)16-13-9-5-6-10-11(13)7-4-8-12(10)15-2;1-2-5-3-4/h4-9,15H,3H2,1-2H3,(H,16,17);3H,2H2,1H3. The Kier molecular flexibility index (Phi) is 7.99. The number of amides is 1. The molecule has 0 spiro atoms. The van der Waals surface area contributed by atoms with Crippen LogP contribution < -0.4 is 10.6 Å². The van der Waals surface area contributed by atoms with Crippen LogP contribution in [0, 0.1) is 0 Å². The van der Waals surface area contributed by atoms with E-state index in [4.69, 9.17) is 4.74 Å². The van der Waals surface area contributed by atoms with E-state index in [-0.39, 0.29) is 0 Å². The van der Waals surface area contributed by atoms with Crippen molar-refractivity contribution in [2.24, 2.45) is 0 Å². The van der Waals surface area contributed by atoms with Crippen LogP contribution in [0.3, 0.4) is 0 Å². The molecular formula is C17H22N2O4. The molecule has 0 aliphatic carbocycles. The molecule has 0 radical (unpaired) electrons. The van der Waals surface area contributed by atoms with Crippen LogP contribution in [0.25, 0.3) is 10.8 Å². The topological polar surface area (TPSA) is 76.7 Å². The van der Waals surface area contributed by atoms with E-state index in [9.17, 15) is 9.59 Å². The zero-order valence-corrected chi connectivity index (χ0v) is 13.6. The predicted molar refractivity (Wildman–Crippen MR) is 91.8 cm³/mol. The SMILES string of the molecule is CCOC(=O)Nc1cccc2c(NC)cccc12.CCOC=O. The summed E-state index contributed by atoms with van der Waals surface area (Å²) >= 11 is 0. The van der Waals surface area contributed by atoms with E-state index < -0.39 is 6.09 Å². The molecule has 0 saturated heterocycles. The van der Waals surface area contributed by atoms with Crippen LogP contribution >= 0.6 is 0 Å². The van der Waals surface area contributed by atoms with Crippen LogP contribution in [0.2, 0.25) is 0 Å². The Hall–Kier alpha value is -2.76. The molecule has 0 unspecified atom stereocenters. The second-order valence-corrected chi connectivity index (χ2v) is 4.35. The third-order valence-corrected chi connectivity index (χ3v) is 2.94. The van der Waals surface area contributed by atoms with Gasteiger partial charge in [0.2, 0.25) is 0 Å². The molecule has 0 atom stereocenters. The summed E-state index contributed by atoms with van der Waals surface area (Å²) in [6.07, 6.45) is -0.431. The molecule has 124 valence electrons. The van der Waals surface area contributed by atoms with E-state index in [1.165, 1.54) is 0 Å². The number of anilines is 2. The van der Waals surface area contributed by atoms with Crippen LogP contribution in [0.1, 0.15) is 13.8 Å². The zero-order valence-electron chi connectivity index (χ0n) is 13.6. The third kappa shape index (κ3) is 5.50. The van der Waals surface area contributed by atoms with Crippen molar-refractivity contribution in [3.8, 4) is 0 Å². The van der Waals surface area contributed by atoms with Gasteiger partial charge in [-0.1, -0.05) is 24.3 Å². The fraction of sp³-hybridized carbons (Fsp3) is 0.294. The molecular weight excluding hydrogens is 296 g/mol. The Morgan fingerprint density at radius 2 is 1.65 bits per heavy atom. The maximum absolute atomic E-state index is 11.5. The summed E-state index contributed by atoms with van der Waals surface area (Å²) in [5.41, 5.74) is 1.78. The van der Waals surface area contributed by atoms with Gasteiger partial charge in [0.1, 0.15) is 0 Å². The molecule has 0 aliphatic heterocycles. The zero-order chi connectivity index (χ0) is 17.1. The highest BCUT2D eigenvalue weighted by Gasteiger charge is 2.07. The molecule has 0 heterocycles. The first-order chi connectivity index (χ1) is 11.2. The minimum Gasteiger partial charge on any atom is -0.468 e. The van der Waals surface area contributed by atoms with Crippen molar-refractivity contribution in [2.45, 2.75) is 13.8 Å². The first-order valence-corrected chi connectivity index (χ1v) is 7.36. The number of hydrogen-bond donors (Lipinski definition) is 2. The summed E-state index contributed by atoms with van der Waals surface area (Å²) in [7, 11) is 1.88. The van der Waals surface area contributed by atoms with Gasteiger partial charge in [-0.05, 0) is 26.0 Å². The van der Waals surface area contributed by atoms with Crippen molar-refractivity contribution in [3.05, 3.63) is 36.4 Å². The number of fused-ring (bicyclic) bond motifs is 1. The van der Waals surface area contributed by atoms with Gasteiger partial charge < -0.3 is 14.8 Å². The van der Waals surface area contributed by atoms with E-state index in [2.05, 4.69) is 15.4 Å². The van der Waals surface area contributed by atoms with Gasteiger partial charge in [0.25, 0.3) is 6.47 Å². The Morgan fingerprint density at radius 1 is 1.04 bits per heavy atom. The van der Waals surface area contributed by atoms with Crippen LogP contribution in [0.15, 0.2) is 36.4 Å². The molecule has 1 amide bonds. The number of nitrogens with one attached hydrogen (secondary N) is 2. The summed E-state index contributed by atoms with van der Waals surface area (Å²) in [4.78, 5) is 20.6. The maximum Gasteiger partial charge on any atom is 0.411 e. The lowest BCUT2D eigenvalue weighted by atomic mass is 10.1. The van der Waals surface area contributed by atoms with Crippen molar-refractivity contribution in [1.29, 1.82) is 0 Å². The van der Waals surface area contributed by atoms with Crippen LogP contribution in [0.5, 0.6) is 0 Å². The van der Waals surface area contributed by atoms with E-state index >= 15 is 0 Å². The predicted octanol–water partition coefficient (Wildman–Crippen LogP) is 3.63. The molecule has 0 bridgehead atoms. The summed E-state index contributed by atoms with van der Waals surface area (Å²) in [6, 6.07) is 11.7. The van der Waals surface area contributed by atoms with Gasteiger partial charge in [-0.25, -0.2) is 4.79 Å². The van der Waals surface area contributed by atoms with Gasteiger partial charge in [-0.3, -0.25) is 10.1 Å². The maximum atomic E-state index is 11.5. The summed E-state index contributed by atoms with van der Waals surface area (Å²) in [6.45, 7) is 4.80. The minimum absolute atomic E-state index is 0.359. The van der Waals surface area contributed by atoms with Crippen LogP contribution in [0.4, 0.5) is 16.2 Å². The van der Waals surface area contributed by atoms with E-state index in [0.717, 1.165) is 22.1 Å². The highest BCUT2D eigenvalue weighted by Crippen LogP contribution is 2.28. The van der Waals surface area contributed by atoms with Gasteiger partial charge in [-0.15, -0.1) is 0 Å². The number of ether oxygens (including phenoxy) is 2. The smallest absolute Gasteiger partial charge is 0.411 e. The highest BCUT2D eigenvalue weighted by molar-refractivity contribution is 6.04. The molecule has 2 rings (SSSR count). The van der Waals surface area contributed by atoms with Gasteiger partial charge in [0.15, 0.2) is 0 Å². The van der Waals surface area contributed by atoms with Crippen molar-refractivity contribution >= 4 is 34.7 Å².